The molecule has 2 aromatic rings. The Morgan fingerprint density at radius 3 is 2.42 bits per heavy atom. The molecule has 2 N–H and O–H groups in total. The number of hydrogen-bond donors (Lipinski definition) is 2. The molecule has 1 fully saturated rings. The Hall–Kier alpha value is -2.87. The summed E-state index contributed by atoms with van der Waals surface area (Å²) in [6.07, 6.45) is 0.454. The fourth-order valence-electron chi connectivity index (χ4n) is 2.97. The third-order valence-electron chi connectivity index (χ3n) is 4.47. The van der Waals surface area contributed by atoms with Crippen LogP contribution < -0.4 is 11.2 Å². The van der Waals surface area contributed by atoms with E-state index in [1.54, 1.807) is 24.3 Å². The molecule has 0 aliphatic carbocycles. The van der Waals surface area contributed by atoms with Gasteiger partial charge >= 0.3 is 5.69 Å². The monoisotopic (exact) mass is 357 g/mol. The Morgan fingerprint density at radius 2 is 1.81 bits per heavy atom. The summed E-state index contributed by atoms with van der Waals surface area (Å²) >= 11 is 0. The van der Waals surface area contributed by atoms with Crippen molar-refractivity contribution in [3.63, 3.8) is 0 Å². The third kappa shape index (κ3) is 3.55. The van der Waals surface area contributed by atoms with E-state index in [2.05, 4.69) is 15.0 Å². The van der Waals surface area contributed by atoms with E-state index >= 15 is 0 Å². The second-order valence-electron chi connectivity index (χ2n) is 6.29. The van der Waals surface area contributed by atoms with Crippen LogP contribution in [-0.2, 0) is 0 Å². The van der Waals surface area contributed by atoms with Crippen LogP contribution in [0.15, 0.2) is 45.0 Å². The van der Waals surface area contributed by atoms with Crippen molar-refractivity contribution in [3.8, 4) is 11.6 Å². The van der Waals surface area contributed by atoms with Crippen molar-refractivity contribution >= 4 is 5.71 Å². The molecule has 8 heteroatoms. The maximum absolute atomic E-state index is 12.4. The Bertz CT molecular complexity index is 909. The summed E-state index contributed by atoms with van der Waals surface area (Å²) in [6.45, 7) is 5.12. The molecule has 1 aliphatic heterocycles. The molecule has 0 radical (unpaired) electrons. The van der Waals surface area contributed by atoms with Crippen LogP contribution in [0.1, 0.15) is 18.9 Å². The summed E-state index contributed by atoms with van der Waals surface area (Å²) in [7, 11) is 2.05. The Labute approximate surface area is 151 Å². The summed E-state index contributed by atoms with van der Waals surface area (Å²) in [4.78, 5) is 29.1. The number of aromatic nitrogens is 2. The van der Waals surface area contributed by atoms with Crippen molar-refractivity contribution in [3.05, 3.63) is 56.7 Å². The Morgan fingerprint density at radius 1 is 1.15 bits per heavy atom. The van der Waals surface area contributed by atoms with Gasteiger partial charge in [0.05, 0.1) is 11.4 Å². The van der Waals surface area contributed by atoms with Gasteiger partial charge in [-0.05, 0) is 25.6 Å². The lowest BCUT2D eigenvalue weighted by Gasteiger charge is -2.31. The molecule has 3 rings (SSSR count). The van der Waals surface area contributed by atoms with E-state index in [1.807, 2.05) is 25.0 Å². The molecular formula is C18H23N5O3. The number of likely N-dealkylation sites (N-methyl/N-ethyl adjacent to an activating group) is 1. The maximum Gasteiger partial charge on any atom is 0.335 e. The number of rotatable bonds is 4. The summed E-state index contributed by atoms with van der Waals surface area (Å²) < 4.78 is 1.09. The molecule has 8 nitrogen and oxygen atoms in total. The van der Waals surface area contributed by atoms with Gasteiger partial charge in [0.15, 0.2) is 0 Å². The average Bonchev–Trinajstić information content (AvgIpc) is 2.63. The number of H-pyrrole nitrogens is 1. The van der Waals surface area contributed by atoms with E-state index in [9.17, 15) is 14.7 Å². The summed E-state index contributed by atoms with van der Waals surface area (Å²) in [5.41, 5.74) is -0.345. The van der Waals surface area contributed by atoms with Crippen molar-refractivity contribution < 1.29 is 5.11 Å². The topological polar surface area (TPSA) is 93.9 Å². The molecular weight excluding hydrogens is 334 g/mol. The number of aromatic amines is 1. The van der Waals surface area contributed by atoms with Crippen LogP contribution in [0.4, 0.5) is 0 Å². The molecule has 26 heavy (non-hydrogen) atoms. The van der Waals surface area contributed by atoms with E-state index in [0.29, 0.717) is 17.8 Å². The number of nitrogens with one attached hydrogen (secondary N) is 1. The molecule has 1 aromatic carbocycles. The average molecular weight is 357 g/mol. The highest BCUT2D eigenvalue weighted by molar-refractivity contribution is 6.01. The van der Waals surface area contributed by atoms with Crippen molar-refractivity contribution in [2.75, 3.05) is 33.2 Å². The minimum atomic E-state index is -0.683. The molecule has 138 valence electrons. The third-order valence-corrected chi connectivity index (χ3v) is 4.47. The normalized spacial score (nSPS) is 16.1. The Balaban J connectivity index is 2.09. The lowest BCUT2D eigenvalue weighted by atomic mass is 10.1. The largest absolute Gasteiger partial charge is 0.493 e. The number of hydrazone groups is 1. The SMILES string of the molecule is CC/C(=N\N1CCN(C)CC1)c1c(O)n(-c2ccccc2)c(=O)[nH]c1=O. The number of hydrogen-bond acceptors (Lipinski definition) is 6. The van der Waals surface area contributed by atoms with Crippen LogP contribution in [0.25, 0.3) is 5.69 Å². The summed E-state index contributed by atoms with van der Waals surface area (Å²) in [5.74, 6) is -0.389. The first-order valence-electron chi connectivity index (χ1n) is 8.66. The van der Waals surface area contributed by atoms with E-state index in [4.69, 9.17) is 0 Å². The van der Waals surface area contributed by atoms with Crippen molar-refractivity contribution in [2.45, 2.75) is 13.3 Å². The van der Waals surface area contributed by atoms with Gasteiger partial charge in [-0.15, -0.1) is 0 Å². The molecule has 1 aliphatic rings. The molecule has 0 bridgehead atoms. The van der Waals surface area contributed by atoms with Gasteiger partial charge in [-0.25, -0.2) is 9.36 Å². The summed E-state index contributed by atoms with van der Waals surface area (Å²) in [5, 5.41) is 17.2. The van der Waals surface area contributed by atoms with E-state index in [-0.39, 0.29) is 11.4 Å². The van der Waals surface area contributed by atoms with Gasteiger partial charge in [-0.2, -0.15) is 5.10 Å². The zero-order valence-corrected chi connectivity index (χ0v) is 15.0. The molecule has 0 unspecified atom stereocenters. The van der Waals surface area contributed by atoms with Gasteiger partial charge in [0, 0.05) is 26.2 Å². The van der Waals surface area contributed by atoms with Gasteiger partial charge in [0.25, 0.3) is 5.56 Å². The fourth-order valence-corrected chi connectivity index (χ4v) is 2.97. The predicted molar refractivity (Wildman–Crippen MR) is 100 cm³/mol. The molecule has 2 heterocycles. The zero-order valence-electron chi connectivity index (χ0n) is 15.0. The van der Waals surface area contributed by atoms with Crippen LogP contribution in [0.5, 0.6) is 5.88 Å². The molecule has 0 amide bonds. The van der Waals surface area contributed by atoms with E-state index in [0.717, 1.165) is 30.7 Å². The van der Waals surface area contributed by atoms with Gasteiger partial charge in [0.1, 0.15) is 5.56 Å². The number of benzene rings is 1. The first-order chi connectivity index (χ1) is 12.5. The quantitative estimate of drug-likeness (QED) is 0.781. The number of nitrogens with zero attached hydrogens (tertiary/aromatic N) is 4. The van der Waals surface area contributed by atoms with Gasteiger partial charge in [0.2, 0.25) is 5.88 Å². The molecule has 1 aromatic heterocycles. The van der Waals surface area contributed by atoms with Crippen molar-refractivity contribution in [1.82, 2.24) is 19.5 Å². The van der Waals surface area contributed by atoms with E-state index < -0.39 is 11.2 Å². The lowest BCUT2D eigenvalue weighted by Crippen LogP contribution is -2.42. The minimum Gasteiger partial charge on any atom is -0.493 e. The van der Waals surface area contributed by atoms with Crippen LogP contribution >= 0.6 is 0 Å². The Kier molecular flexibility index (Phi) is 5.22. The van der Waals surface area contributed by atoms with Crippen molar-refractivity contribution in [2.24, 2.45) is 5.10 Å². The molecule has 0 saturated carbocycles. The maximum atomic E-state index is 12.4. The first-order valence-corrected chi connectivity index (χ1v) is 8.66. The van der Waals surface area contributed by atoms with Gasteiger partial charge in [-0.3, -0.25) is 14.8 Å². The lowest BCUT2D eigenvalue weighted by molar-refractivity contribution is 0.159. The van der Waals surface area contributed by atoms with Crippen LogP contribution in [0, 0.1) is 0 Å². The van der Waals surface area contributed by atoms with Crippen LogP contribution in [-0.4, -0.2) is 63.5 Å². The highest BCUT2D eigenvalue weighted by Crippen LogP contribution is 2.18. The zero-order chi connectivity index (χ0) is 18.7. The second-order valence-corrected chi connectivity index (χ2v) is 6.29. The van der Waals surface area contributed by atoms with Crippen LogP contribution in [0.3, 0.4) is 0 Å². The summed E-state index contributed by atoms with van der Waals surface area (Å²) in [6, 6.07) is 8.69. The highest BCUT2D eigenvalue weighted by atomic mass is 16.3. The number of aromatic hydroxyl groups is 1. The standard InChI is InChI=1S/C18H23N5O3/c1-3-14(20-22-11-9-21(2)10-12-22)15-16(24)19-18(26)23(17(15)25)13-7-5-4-6-8-13/h4-8,25H,3,9-12H2,1-2H3,(H,19,24,26)/b20-14+. The molecule has 0 atom stereocenters. The predicted octanol–water partition coefficient (Wildman–Crippen LogP) is 0.593. The smallest absolute Gasteiger partial charge is 0.335 e. The number of para-hydroxylation sites is 1. The van der Waals surface area contributed by atoms with E-state index in [1.165, 1.54) is 0 Å². The van der Waals surface area contributed by atoms with Crippen molar-refractivity contribution in [1.29, 1.82) is 0 Å². The second kappa shape index (κ2) is 7.57. The fraction of sp³-hybridized carbons (Fsp3) is 0.389. The molecule has 1 saturated heterocycles. The minimum absolute atomic E-state index is 0.0369. The first kappa shape index (κ1) is 17.9. The molecule has 0 spiro atoms. The van der Waals surface area contributed by atoms with Gasteiger partial charge < -0.3 is 10.0 Å². The number of piperazine rings is 1. The van der Waals surface area contributed by atoms with Gasteiger partial charge in [-0.1, -0.05) is 25.1 Å². The van der Waals surface area contributed by atoms with Crippen LogP contribution in [0.2, 0.25) is 0 Å². The highest BCUT2D eigenvalue weighted by Gasteiger charge is 2.21.